The van der Waals surface area contributed by atoms with Crippen LogP contribution in [0.4, 0.5) is 5.69 Å². The van der Waals surface area contributed by atoms with Gasteiger partial charge in [-0.2, -0.15) is 0 Å². The second-order valence-corrected chi connectivity index (χ2v) is 9.05. The van der Waals surface area contributed by atoms with Gasteiger partial charge in [0.05, 0.1) is 16.7 Å². The number of halogens is 2. The normalized spacial score (nSPS) is 33.9. The zero-order valence-corrected chi connectivity index (χ0v) is 17.1. The van der Waals surface area contributed by atoms with Gasteiger partial charge in [-0.05, 0) is 43.0 Å². The van der Waals surface area contributed by atoms with E-state index < -0.39 is 23.7 Å². The lowest BCUT2D eigenvalue weighted by Crippen LogP contribution is -2.39. The lowest BCUT2D eigenvalue weighted by atomic mass is 9.80. The highest BCUT2D eigenvalue weighted by Crippen LogP contribution is 2.60. The molecule has 26 heavy (non-hydrogen) atoms. The molecule has 3 fully saturated rings. The van der Waals surface area contributed by atoms with Crippen LogP contribution in [0.5, 0.6) is 0 Å². The van der Waals surface area contributed by atoms with Crippen molar-refractivity contribution in [3.05, 3.63) is 28.2 Å². The Kier molecular flexibility index (Phi) is 4.59. The molecule has 1 aromatic carbocycles. The Labute approximate surface area is 167 Å². The molecule has 1 saturated heterocycles. The summed E-state index contributed by atoms with van der Waals surface area (Å²) in [6, 6.07) is 5.48. The molecule has 1 heterocycles. The Balaban J connectivity index is 1.37. The third-order valence-corrected chi connectivity index (χ3v) is 7.30. The molecular formula is C18H17Br2NO5. The maximum atomic E-state index is 12.5. The molecule has 2 aliphatic carbocycles. The maximum Gasteiger partial charge on any atom is 0.310 e. The summed E-state index contributed by atoms with van der Waals surface area (Å²) in [5.74, 6) is -2.08. The summed E-state index contributed by atoms with van der Waals surface area (Å²) in [6.07, 6.45) is 0.645. The summed E-state index contributed by atoms with van der Waals surface area (Å²) in [4.78, 5) is 36.7. The SMILES string of the molecule is Cc1cc(Br)ccc1NC(=O)COC(=O)[C@@H]1[C@H]2C[C@H]3[C@H](OC(=O)[C@H]31)[C@H]2Br. The number of amides is 1. The summed E-state index contributed by atoms with van der Waals surface area (Å²) in [6.45, 7) is 1.50. The highest BCUT2D eigenvalue weighted by molar-refractivity contribution is 9.10. The number of fused-ring (bicyclic) bond motifs is 1. The van der Waals surface area contributed by atoms with Crippen LogP contribution < -0.4 is 5.32 Å². The Bertz CT molecular complexity index is 798. The first-order valence-electron chi connectivity index (χ1n) is 8.44. The molecule has 3 aliphatic rings. The third-order valence-electron chi connectivity index (χ3n) is 5.60. The van der Waals surface area contributed by atoms with E-state index >= 15 is 0 Å². The van der Waals surface area contributed by atoms with Gasteiger partial charge < -0.3 is 14.8 Å². The predicted octanol–water partition coefficient (Wildman–Crippen LogP) is 2.81. The highest BCUT2D eigenvalue weighted by atomic mass is 79.9. The van der Waals surface area contributed by atoms with Gasteiger partial charge in [0.25, 0.3) is 5.91 Å². The third kappa shape index (κ3) is 2.87. The Morgan fingerprint density at radius 1 is 1.35 bits per heavy atom. The van der Waals surface area contributed by atoms with E-state index in [9.17, 15) is 14.4 Å². The van der Waals surface area contributed by atoms with Gasteiger partial charge in [0.2, 0.25) is 0 Å². The molecule has 0 spiro atoms. The number of hydrogen-bond acceptors (Lipinski definition) is 5. The van der Waals surface area contributed by atoms with Crippen molar-refractivity contribution in [1.82, 2.24) is 0 Å². The van der Waals surface area contributed by atoms with Crippen LogP contribution in [0.1, 0.15) is 12.0 Å². The lowest BCUT2D eigenvalue weighted by Gasteiger charge is -2.26. The molecule has 1 amide bonds. The number of rotatable bonds is 4. The summed E-state index contributed by atoms with van der Waals surface area (Å²) >= 11 is 6.92. The van der Waals surface area contributed by atoms with E-state index in [1.54, 1.807) is 6.07 Å². The van der Waals surface area contributed by atoms with E-state index in [-0.39, 0.29) is 35.3 Å². The monoisotopic (exact) mass is 485 g/mol. The number of ether oxygens (including phenoxy) is 2. The van der Waals surface area contributed by atoms with Crippen molar-refractivity contribution >= 4 is 55.4 Å². The highest BCUT2D eigenvalue weighted by Gasteiger charge is 2.68. The number of anilines is 1. The number of carbonyl (C=O) groups is 3. The molecule has 8 heteroatoms. The Morgan fingerprint density at radius 3 is 2.85 bits per heavy atom. The van der Waals surface area contributed by atoms with E-state index in [1.807, 2.05) is 19.1 Å². The number of benzene rings is 1. The molecule has 4 rings (SSSR count). The molecular weight excluding hydrogens is 470 g/mol. The summed E-state index contributed by atoms with van der Waals surface area (Å²) in [7, 11) is 0. The smallest absolute Gasteiger partial charge is 0.310 e. The fraction of sp³-hybridized carbons (Fsp3) is 0.500. The molecule has 138 valence electrons. The second-order valence-electron chi connectivity index (χ2n) is 7.08. The van der Waals surface area contributed by atoms with Crippen LogP contribution >= 0.6 is 31.9 Å². The minimum absolute atomic E-state index is 0.0192. The van der Waals surface area contributed by atoms with Crippen LogP contribution in [-0.4, -0.2) is 35.4 Å². The molecule has 2 saturated carbocycles. The maximum absolute atomic E-state index is 12.5. The number of alkyl halides is 1. The van der Waals surface area contributed by atoms with Crippen molar-refractivity contribution in [1.29, 1.82) is 0 Å². The van der Waals surface area contributed by atoms with Gasteiger partial charge in [-0.15, -0.1) is 0 Å². The first-order chi connectivity index (χ1) is 12.4. The summed E-state index contributed by atoms with van der Waals surface area (Å²) < 4.78 is 11.5. The van der Waals surface area contributed by atoms with E-state index in [1.165, 1.54) is 0 Å². The van der Waals surface area contributed by atoms with Crippen molar-refractivity contribution in [2.24, 2.45) is 23.7 Å². The van der Waals surface area contributed by atoms with Crippen molar-refractivity contribution in [2.75, 3.05) is 11.9 Å². The zero-order chi connectivity index (χ0) is 18.6. The summed E-state index contributed by atoms with van der Waals surface area (Å²) in [5.41, 5.74) is 1.56. The molecule has 0 unspecified atom stereocenters. The number of carbonyl (C=O) groups excluding carboxylic acids is 3. The molecule has 2 bridgehead atoms. The minimum atomic E-state index is -0.530. The van der Waals surface area contributed by atoms with Gasteiger partial charge >= 0.3 is 11.9 Å². The van der Waals surface area contributed by atoms with Gasteiger partial charge in [-0.25, -0.2) is 0 Å². The Hall–Kier alpha value is -1.41. The topological polar surface area (TPSA) is 81.7 Å². The van der Waals surface area contributed by atoms with Crippen LogP contribution in [0, 0.1) is 30.6 Å². The average Bonchev–Trinajstić information content (AvgIpc) is 3.19. The first-order valence-corrected chi connectivity index (χ1v) is 10.1. The molecule has 1 aromatic rings. The van der Waals surface area contributed by atoms with Crippen LogP contribution in [0.3, 0.4) is 0 Å². The number of esters is 2. The quantitative estimate of drug-likeness (QED) is 0.522. The molecule has 6 nitrogen and oxygen atoms in total. The standard InChI is InChI=1S/C18H17Br2NO5/c1-7-4-8(19)2-3-11(7)21-12(22)6-25-17(23)13-9-5-10-14(13)18(24)26-16(10)15(9)20/h2-4,9-10,13-16H,5-6H2,1H3,(H,21,22)/t9-,10-,13-,14-,15+,16+/m1/s1. The fourth-order valence-corrected chi connectivity index (χ4v) is 6.00. The largest absolute Gasteiger partial charge is 0.461 e. The molecule has 0 aromatic heterocycles. The van der Waals surface area contributed by atoms with E-state index in [0.29, 0.717) is 5.69 Å². The zero-order valence-electron chi connectivity index (χ0n) is 13.9. The van der Waals surface area contributed by atoms with E-state index in [4.69, 9.17) is 9.47 Å². The van der Waals surface area contributed by atoms with Crippen LogP contribution in [0.25, 0.3) is 0 Å². The fourth-order valence-electron chi connectivity index (χ4n) is 4.48. The van der Waals surface area contributed by atoms with E-state index in [2.05, 4.69) is 37.2 Å². The number of hydrogen-bond donors (Lipinski definition) is 1. The van der Waals surface area contributed by atoms with Gasteiger partial charge in [-0.3, -0.25) is 14.4 Å². The van der Waals surface area contributed by atoms with Crippen molar-refractivity contribution in [3.63, 3.8) is 0 Å². The van der Waals surface area contributed by atoms with Gasteiger partial charge in [0.15, 0.2) is 6.61 Å². The van der Waals surface area contributed by atoms with E-state index in [0.717, 1.165) is 16.5 Å². The lowest BCUT2D eigenvalue weighted by molar-refractivity contribution is -0.157. The van der Waals surface area contributed by atoms with Crippen molar-refractivity contribution in [3.8, 4) is 0 Å². The average molecular weight is 487 g/mol. The number of aryl methyl sites for hydroxylation is 1. The van der Waals surface area contributed by atoms with Gasteiger partial charge in [0.1, 0.15) is 6.10 Å². The molecule has 0 radical (unpaired) electrons. The van der Waals surface area contributed by atoms with Gasteiger partial charge in [-0.1, -0.05) is 31.9 Å². The summed E-state index contributed by atoms with van der Waals surface area (Å²) in [5, 5.41) is 2.73. The minimum Gasteiger partial charge on any atom is -0.461 e. The predicted molar refractivity (Wildman–Crippen MR) is 99.6 cm³/mol. The molecule has 1 aliphatic heterocycles. The van der Waals surface area contributed by atoms with Crippen LogP contribution in [0.15, 0.2) is 22.7 Å². The molecule has 6 atom stereocenters. The van der Waals surface area contributed by atoms with Crippen molar-refractivity contribution in [2.45, 2.75) is 24.3 Å². The first kappa shape index (κ1) is 18.0. The van der Waals surface area contributed by atoms with Crippen molar-refractivity contribution < 1.29 is 23.9 Å². The van der Waals surface area contributed by atoms with Crippen LogP contribution in [-0.2, 0) is 23.9 Å². The van der Waals surface area contributed by atoms with Crippen LogP contribution in [0.2, 0.25) is 0 Å². The second kappa shape index (κ2) is 6.64. The Morgan fingerprint density at radius 2 is 2.12 bits per heavy atom. The number of nitrogens with one attached hydrogen (secondary N) is 1. The molecule has 1 N–H and O–H groups in total. The van der Waals surface area contributed by atoms with Gasteiger partial charge in [0, 0.05) is 16.1 Å².